The van der Waals surface area contributed by atoms with Crippen molar-refractivity contribution in [2.24, 2.45) is 0 Å². The normalized spacial score (nSPS) is 14.8. The summed E-state index contributed by atoms with van der Waals surface area (Å²) in [6.07, 6.45) is 1.37. The van der Waals surface area contributed by atoms with E-state index in [0.29, 0.717) is 22.7 Å². The second-order valence-corrected chi connectivity index (χ2v) is 9.35. The summed E-state index contributed by atoms with van der Waals surface area (Å²) in [7, 11) is 1.47. The van der Waals surface area contributed by atoms with Crippen molar-refractivity contribution >= 4 is 57.1 Å². The maximum absolute atomic E-state index is 13.3. The second kappa shape index (κ2) is 10.6. The number of methoxy groups -OCH3 is 1. The minimum atomic E-state index is -0.803. The number of benzene rings is 3. The van der Waals surface area contributed by atoms with E-state index in [-0.39, 0.29) is 17.2 Å². The first-order valence-electron chi connectivity index (χ1n) is 10.9. The fourth-order valence-corrected chi connectivity index (χ4v) is 4.42. The van der Waals surface area contributed by atoms with E-state index >= 15 is 0 Å². The monoisotopic (exact) mass is 568 g/mol. The van der Waals surface area contributed by atoms with Crippen molar-refractivity contribution in [3.8, 4) is 11.5 Å². The molecule has 0 saturated carbocycles. The molecule has 1 saturated heterocycles. The van der Waals surface area contributed by atoms with E-state index in [0.717, 1.165) is 26.1 Å². The number of hydrogen-bond donors (Lipinski definition) is 1. The zero-order chi connectivity index (χ0) is 26.0. The van der Waals surface area contributed by atoms with Gasteiger partial charge >= 0.3 is 6.03 Å². The van der Waals surface area contributed by atoms with Gasteiger partial charge in [-0.25, -0.2) is 9.69 Å². The lowest BCUT2D eigenvalue weighted by Crippen LogP contribution is -2.54. The summed E-state index contributed by atoms with van der Waals surface area (Å²) in [5.41, 5.74) is 3.20. The number of imide groups is 2. The van der Waals surface area contributed by atoms with Crippen molar-refractivity contribution < 1.29 is 23.9 Å². The molecule has 1 aliphatic rings. The summed E-state index contributed by atoms with van der Waals surface area (Å²) in [6, 6.07) is 15.3. The molecule has 0 bridgehead atoms. The summed E-state index contributed by atoms with van der Waals surface area (Å²) in [5.74, 6) is -0.881. The molecule has 0 unspecified atom stereocenters. The number of urea groups is 1. The van der Waals surface area contributed by atoms with Crippen LogP contribution < -0.4 is 19.7 Å². The van der Waals surface area contributed by atoms with Crippen molar-refractivity contribution in [2.45, 2.75) is 20.5 Å². The number of ether oxygens (including phenoxy) is 2. The van der Waals surface area contributed by atoms with Gasteiger partial charge in [0.05, 0.1) is 17.8 Å². The minimum absolute atomic E-state index is 0.212. The average molecular weight is 570 g/mol. The third-order valence-electron chi connectivity index (χ3n) is 5.81. The predicted octanol–water partition coefficient (Wildman–Crippen LogP) is 5.97. The average Bonchev–Trinajstić information content (AvgIpc) is 2.84. The lowest BCUT2D eigenvalue weighted by Gasteiger charge is -2.28. The molecule has 9 heteroatoms. The molecule has 36 heavy (non-hydrogen) atoms. The summed E-state index contributed by atoms with van der Waals surface area (Å²) in [6.45, 7) is 3.93. The number of aryl methyl sites for hydroxylation is 1. The molecule has 0 aliphatic carbocycles. The molecule has 184 valence electrons. The Morgan fingerprint density at radius 3 is 2.53 bits per heavy atom. The van der Waals surface area contributed by atoms with E-state index in [1.165, 1.54) is 13.2 Å². The van der Waals surface area contributed by atoms with Crippen LogP contribution in [0.1, 0.15) is 22.3 Å². The number of amides is 4. The zero-order valence-electron chi connectivity index (χ0n) is 19.7. The Morgan fingerprint density at radius 2 is 1.81 bits per heavy atom. The first-order valence-corrected chi connectivity index (χ1v) is 12.1. The Kier molecular flexibility index (Phi) is 7.47. The quantitative estimate of drug-likeness (QED) is 0.292. The van der Waals surface area contributed by atoms with E-state index in [1.807, 2.05) is 44.2 Å². The highest BCUT2D eigenvalue weighted by Crippen LogP contribution is 2.38. The van der Waals surface area contributed by atoms with Crippen LogP contribution in [0.25, 0.3) is 6.08 Å². The van der Waals surface area contributed by atoms with Gasteiger partial charge in [-0.1, -0.05) is 57.9 Å². The second-order valence-electron chi connectivity index (χ2n) is 8.09. The van der Waals surface area contributed by atoms with Gasteiger partial charge in [0.25, 0.3) is 11.8 Å². The fraction of sp³-hybridized carbons (Fsp3) is 0.148. The number of carbonyl (C=O) groups is 3. The SMILES string of the molecule is COc1cc(/C=C2\C(=O)NC(=O)N(c3cccc(C)c3C)C2=O)cc(Cl)c1OCc1ccccc1Br. The topological polar surface area (TPSA) is 84.9 Å². The molecule has 1 N–H and O–H groups in total. The van der Waals surface area contributed by atoms with Crippen LogP contribution in [0.15, 0.2) is 64.6 Å². The van der Waals surface area contributed by atoms with Crippen molar-refractivity contribution in [2.75, 3.05) is 12.0 Å². The van der Waals surface area contributed by atoms with Gasteiger partial charge in [-0.2, -0.15) is 0 Å². The van der Waals surface area contributed by atoms with E-state index in [2.05, 4.69) is 21.2 Å². The van der Waals surface area contributed by atoms with Gasteiger partial charge in [0.2, 0.25) is 0 Å². The Labute approximate surface area is 221 Å². The molecule has 3 aromatic rings. The van der Waals surface area contributed by atoms with Crippen LogP contribution in [0, 0.1) is 13.8 Å². The Morgan fingerprint density at radius 1 is 1.06 bits per heavy atom. The predicted molar refractivity (Wildman–Crippen MR) is 141 cm³/mol. The largest absolute Gasteiger partial charge is 0.493 e. The molecule has 0 spiro atoms. The number of anilines is 1. The molecule has 4 amide bonds. The molecular formula is C27H22BrClN2O5. The first kappa shape index (κ1) is 25.5. The molecule has 4 rings (SSSR count). The number of halogens is 2. The Balaban J connectivity index is 1.67. The number of nitrogens with one attached hydrogen (secondary N) is 1. The van der Waals surface area contributed by atoms with E-state index in [4.69, 9.17) is 21.1 Å². The molecule has 1 heterocycles. The summed E-state index contributed by atoms with van der Waals surface area (Å²) in [5, 5.41) is 2.47. The van der Waals surface area contributed by atoms with E-state index in [9.17, 15) is 14.4 Å². The molecule has 0 aromatic heterocycles. The third-order valence-corrected chi connectivity index (χ3v) is 6.87. The van der Waals surface area contributed by atoms with Gasteiger partial charge in [-0.05, 0) is 60.9 Å². The highest BCUT2D eigenvalue weighted by molar-refractivity contribution is 9.10. The molecule has 1 fully saturated rings. The third kappa shape index (κ3) is 5.01. The van der Waals surface area contributed by atoms with Crippen molar-refractivity contribution in [1.29, 1.82) is 0 Å². The maximum atomic E-state index is 13.3. The fourth-order valence-electron chi connectivity index (χ4n) is 3.75. The van der Waals surface area contributed by atoms with Crippen LogP contribution in [0.2, 0.25) is 5.02 Å². The lowest BCUT2D eigenvalue weighted by atomic mass is 10.0. The summed E-state index contributed by atoms with van der Waals surface area (Å²) < 4.78 is 12.3. The van der Waals surface area contributed by atoms with Crippen LogP contribution in [-0.2, 0) is 16.2 Å². The van der Waals surface area contributed by atoms with Crippen LogP contribution in [0.4, 0.5) is 10.5 Å². The summed E-state index contributed by atoms with van der Waals surface area (Å²) in [4.78, 5) is 39.4. The van der Waals surface area contributed by atoms with E-state index in [1.54, 1.807) is 24.3 Å². The van der Waals surface area contributed by atoms with E-state index < -0.39 is 17.8 Å². The van der Waals surface area contributed by atoms with Crippen LogP contribution >= 0.6 is 27.5 Å². The van der Waals surface area contributed by atoms with Crippen LogP contribution in [0.3, 0.4) is 0 Å². The highest BCUT2D eigenvalue weighted by atomic mass is 79.9. The number of rotatable bonds is 6. The number of carbonyl (C=O) groups excluding carboxylic acids is 3. The van der Waals surface area contributed by atoms with Gasteiger partial charge in [0.15, 0.2) is 11.5 Å². The van der Waals surface area contributed by atoms with Crippen LogP contribution in [0.5, 0.6) is 11.5 Å². The number of hydrogen-bond acceptors (Lipinski definition) is 5. The lowest BCUT2D eigenvalue weighted by molar-refractivity contribution is -0.122. The highest BCUT2D eigenvalue weighted by Gasteiger charge is 2.37. The summed E-state index contributed by atoms with van der Waals surface area (Å²) >= 11 is 9.99. The molecule has 7 nitrogen and oxygen atoms in total. The first-order chi connectivity index (χ1) is 17.2. The van der Waals surface area contributed by atoms with Gasteiger partial charge in [0, 0.05) is 10.0 Å². The molecule has 0 atom stereocenters. The molecular weight excluding hydrogens is 548 g/mol. The van der Waals surface area contributed by atoms with Crippen molar-refractivity contribution in [3.63, 3.8) is 0 Å². The smallest absolute Gasteiger partial charge is 0.335 e. The molecule has 0 radical (unpaired) electrons. The number of nitrogens with zero attached hydrogens (tertiary/aromatic N) is 1. The zero-order valence-corrected chi connectivity index (χ0v) is 22.1. The van der Waals surface area contributed by atoms with Crippen molar-refractivity contribution in [3.05, 3.63) is 91.9 Å². The standard InChI is InChI=1S/C27H22BrClN2O5/c1-15-7-6-10-22(16(15)2)31-26(33)19(25(32)30-27(31)34)11-17-12-21(29)24(23(13-17)35-3)36-14-18-8-4-5-9-20(18)28/h4-13H,14H2,1-3H3,(H,30,32,34)/b19-11+. The van der Waals surface area contributed by atoms with Crippen LogP contribution in [-0.4, -0.2) is 25.0 Å². The van der Waals surface area contributed by atoms with Gasteiger partial charge in [-0.3, -0.25) is 14.9 Å². The minimum Gasteiger partial charge on any atom is -0.493 e. The Hall–Kier alpha value is -3.62. The maximum Gasteiger partial charge on any atom is 0.335 e. The van der Waals surface area contributed by atoms with Gasteiger partial charge in [-0.15, -0.1) is 0 Å². The number of barbiturate groups is 1. The van der Waals surface area contributed by atoms with Gasteiger partial charge < -0.3 is 9.47 Å². The molecule has 3 aromatic carbocycles. The Bertz CT molecular complexity index is 1420. The van der Waals surface area contributed by atoms with Crippen molar-refractivity contribution in [1.82, 2.24) is 5.32 Å². The van der Waals surface area contributed by atoms with Gasteiger partial charge in [0.1, 0.15) is 12.2 Å². The molecule has 1 aliphatic heterocycles.